The Bertz CT molecular complexity index is 976. The van der Waals surface area contributed by atoms with Crippen LogP contribution in [-0.2, 0) is 30.0 Å². The van der Waals surface area contributed by atoms with E-state index in [2.05, 4.69) is 5.16 Å². The van der Waals surface area contributed by atoms with Gasteiger partial charge in [-0.2, -0.15) is 13.2 Å². The molecule has 0 aliphatic carbocycles. The Morgan fingerprint density at radius 2 is 1.40 bits per heavy atom. The molecule has 6 nitrogen and oxygen atoms in total. The number of nitrogens with zero attached hydrogens (tertiary/aromatic N) is 1. The molecular formula is C26H30F3NO5. The largest absolute Gasteiger partial charge is 0.416 e. The molecule has 0 spiro atoms. The molecule has 2 aromatic rings. The van der Waals surface area contributed by atoms with Crippen molar-refractivity contribution >= 4 is 18.4 Å². The molecule has 1 heterocycles. The predicted molar refractivity (Wildman–Crippen MR) is 127 cm³/mol. The van der Waals surface area contributed by atoms with Crippen molar-refractivity contribution in [3.63, 3.8) is 0 Å². The molecule has 1 saturated heterocycles. The molecule has 2 aromatic carbocycles. The maximum Gasteiger partial charge on any atom is 0.416 e. The number of rotatable bonds is 9. The van der Waals surface area contributed by atoms with Crippen LogP contribution in [0.4, 0.5) is 13.2 Å². The second kappa shape index (κ2) is 12.3. The van der Waals surface area contributed by atoms with Crippen LogP contribution in [0.1, 0.15) is 36.1 Å². The van der Waals surface area contributed by atoms with Crippen LogP contribution in [-0.4, -0.2) is 57.7 Å². The highest BCUT2D eigenvalue weighted by atomic mass is 19.4. The summed E-state index contributed by atoms with van der Waals surface area (Å²) in [6.07, 6.45) is -1.44. The number of halogens is 3. The topological polar surface area (TPSA) is 58.5 Å². The predicted octanol–water partition coefficient (Wildman–Crippen LogP) is 5.41. The highest BCUT2D eigenvalue weighted by Gasteiger charge is 2.47. The number of alkyl halides is 3. The molecule has 0 amide bonds. The maximum atomic E-state index is 12.7. The van der Waals surface area contributed by atoms with Gasteiger partial charge in [-0.15, -0.1) is 0 Å². The Hall–Kier alpha value is -2.72. The van der Waals surface area contributed by atoms with Gasteiger partial charge in [0.25, 0.3) is 6.29 Å². The van der Waals surface area contributed by atoms with Crippen molar-refractivity contribution in [3.05, 3.63) is 70.8 Å². The lowest BCUT2D eigenvalue weighted by Gasteiger charge is -2.42. The summed E-state index contributed by atoms with van der Waals surface area (Å²) in [5.74, 6) is 0. The average molecular weight is 494 g/mol. The summed E-state index contributed by atoms with van der Waals surface area (Å²) in [4.78, 5) is 5.59. The molecule has 0 unspecified atom stereocenters. The molecule has 1 aliphatic rings. The molecule has 35 heavy (non-hydrogen) atoms. The van der Waals surface area contributed by atoms with Crippen molar-refractivity contribution in [2.75, 3.05) is 20.8 Å². The van der Waals surface area contributed by atoms with Crippen molar-refractivity contribution < 1.29 is 37.0 Å². The van der Waals surface area contributed by atoms with Gasteiger partial charge in [0.15, 0.2) is 6.10 Å². The molecular weight excluding hydrogens is 463 g/mol. The number of oxime groups is 1. The Balaban J connectivity index is 1.59. The normalized spacial score (nSPS) is 25.4. The van der Waals surface area contributed by atoms with Crippen LogP contribution in [0.2, 0.25) is 0 Å². The van der Waals surface area contributed by atoms with Gasteiger partial charge in [0, 0.05) is 20.8 Å². The fourth-order valence-electron chi connectivity index (χ4n) is 3.83. The number of ether oxygens (including phenoxy) is 4. The van der Waals surface area contributed by atoms with Crippen LogP contribution in [0.3, 0.4) is 0 Å². The number of benzene rings is 2. The van der Waals surface area contributed by atoms with Crippen molar-refractivity contribution in [3.8, 4) is 0 Å². The fraction of sp³-hybridized carbons (Fsp3) is 0.423. The van der Waals surface area contributed by atoms with E-state index in [-0.39, 0.29) is 18.3 Å². The third kappa shape index (κ3) is 7.14. The van der Waals surface area contributed by atoms with E-state index in [0.717, 1.165) is 23.3 Å². The lowest BCUT2D eigenvalue weighted by molar-refractivity contribution is -0.308. The van der Waals surface area contributed by atoms with Gasteiger partial charge in [0.05, 0.1) is 17.9 Å². The van der Waals surface area contributed by atoms with Gasteiger partial charge in [0.1, 0.15) is 12.2 Å². The van der Waals surface area contributed by atoms with Gasteiger partial charge >= 0.3 is 6.18 Å². The minimum absolute atomic E-state index is 0.279. The first-order valence-corrected chi connectivity index (χ1v) is 11.2. The van der Waals surface area contributed by atoms with E-state index >= 15 is 0 Å². The smallest absolute Gasteiger partial charge is 0.376 e. The van der Waals surface area contributed by atoms with Gasteiger partial charge in [-0.1, -0.05) is 53.7 Å². The van der Waals surface area contributed by atoms with Crippen LogP contribution < -0.4 is 0 Å². The van der Waals surface area contributed by atoms with Crippen molar-refractivity contribution in [2.45, 2.75) is 50.7 Å². The SMILES string of the molecule is CCO[C@@H]1[C@@H](OC)[C@H](C)O[C@@H](ON=Cc2ccc(C=Cc3ccc(C(F)(F)F)cc3)cc2)[C@@H]1OC. The fourth-order valence-corrected chi connectivity index (χ4v) is 3.83. The van der Waals surface area contributed by atoms with Gasteiger partial charge in [-0.05, 0) is 42.7 Å². The third-order valence-corrected chi connectivity index (χ3v) is 5.64. The van der Waals surface area contributed by atoms with Gasteiger partial charge < -0.3 is 23.8 Å². The van der Waals surface area contributed by atoms with Gasteiger partial charge in [-0.25, -0.2) is 0 Å². The number of methoxy groups -OCH3 is 2. The summed E-state index contributed by atoms with van der Waals surface area (Å²) in [6, 6.07) is 12.4. The van der Waals surface area contributed by atoms with Crippen molar-refractivity contribution in [2.24, 2.45) is 5.16 Å². The lowest BCUT2D eigenvalue weighted by Crippen LogP contribution is -2.59. The first-order chi connectivity index (χ1) is 16.8. The Morgan fingerprint density at radius 3 is 1.91 bits per heavy atom. The highest BCUT2D eigenvalue weighted by Crippen LogP contribution is 2.30. The van der Waals surface area contributed by atoms with Crippen LogP contribution in [0.5, 0.6) is 0 Å². The minimum atomic E-state index is -4.34. The lowest BCUT2D eigenvalue weighted by atomic mass is 9.99. The standard InChI is InChI=1S/C26H30F3NO5/c1-5-33-23-22(31-3)17(2)34-25(24(23)32-4)35-30-16-20-10-8-18(9-11-20)6-7-19-12-14-21(15-13-19)26(27,28)29/h6-17,22-25H,5H2,1-4H3/t17-,22-,23+,24+,25-/m0/s1. The maximum absolute atomic E-state index is 12.7. The van der Waals surface area contributed by atoms with Gasteiger partial charge in [0.2, 0.25) is 0 Å². The number of hydrogen-bond acceptors (Lipinski definition) is 6. The zero-order valence-corrected chi connectivity index (χ0v) is 20.1. The van der Waals surface area contributed by atoms with E-state index in [9.17, 15) is 13.2 Å². The van der Waals surface area contributed by atoms with E-state index < -0.39 is 24.1 Å². The summed E-state index contributed by atoms with van der Waals surface area (Å²) in [5, 5.41) is 4.06. The van der Waals surface area contributed by atoms with E-state index in [0.29, 0.717) is 12.2 Å². The Morgan fingerprint density at radius 1 is 0.857 bits per heavy atom. The molecule has 0 radical (unpaired) electrons. The van der Waals surface area contributed by atoms with E-state index in [1.165, 1.54) is 12.1 Å². The molecule has 1 aliphatic heterocycles. The van der Waals surface area contributed by atoms with Crippen molar-refractivity contribution in [1.29, 1.82) is 0 Å². The Kier molecular flexibility index (Phi) is 9.45. The molecule has 1 fully saturated rings. The highest BCUT2D eigenvalue weighted by molar-refractivity contribution is 5.80. The zero-order valence-electron chi connectivity index (χ0n) is 20.1. The second-order valence-electron chi connectivity index (χ2n) is 7.99. The quantitative estimate of drug-likeness (QED) is 0.266. The molecule has 190 valence electrons. The third-order valence-electron chi connectivity index (χ3n) is 5.64. The minimum Gasteiger partial charge on any atom is -0.376 e. The summed E-state index contributed by atoms with van der Waals surface area (Å²) < 4.78 is 60.8. The number of hydrogen-bond donors (Lipinski definition) is 0. The van der Waals surface area contributed by atoms with E-state index in [4.69, 9.17) is 23.8 Å². The molecule has 9 heteroatoms. The molecule has 3 rings (SSSR count). The van der Waals surface area contributed by atoms with Crippen LogP contribution >= 0.6 is 0 Å². The summed E-state index contributed by atoms with van der Waals surface area (Å²) in [5.41, 5.74) is 1.69. The molecule has 0 bridgehead atoms. The molecule has 0 aromatic heterocycles. The Labute approximate surface area is 203 Å². The monoisotopic (exact) mass is 493 g/mol. The zero-order chi connectivity index (χ0) is 25.4. The van der Waals surface area contributed by atoms with Gasteiger partial charge in [-0.3, -0.25) is 0 Å². The van der Waals surface area contributed by atoms with Crippen LogP contribution in [0.15, 0.2) is 53.7 Å². The summed E-state index contributed by atoms with van der Waals surface area (Å²) in [7, 11) is 3.16. The van der Waals surface area contributed by atoms with Crippen molar-refractivity contribution in [1.82, 2.24) is 0 Å². The first kappa shape index (κ1) is 26.9. The second-order valence-corrected chi connectivity index (χ2v) is 7.99. The summed E-state index contributed by atoms with van der Waals surface area (Å²) in [6.45, 7) is 4.27. The van der Waals surface area contributed by atoms with E-state index in [1.807, 2.05) is 44.2 Å². The van der Waals surface area contributed by atoms with Crippen LogP contribution in [0, 0.1) is 0 Å². The molecule has 5 atom stereocenters. The molecule has 0 N–H and O–H groups in total. The summed E-state index contributed by atoms with van der Waals surface area (Å²) >= 11 is 0. The molecule has 0 saturated carbocycles. The first-order valence-electron chi connectivity index (χ1n) is 11.2. The average Bonchev–Trinajstić information content (AvgIpc) is 2.83. The van der Waals surface area contributed by atoms with Crippen LogP contribution in [0.25, 0.3) is 12.2 Å². The van der Waals surface area contributed by atoms with E-state index in [1.54, 1.807) is 26.5 Å².